The average molecular weight is 782 g/mol. The van der Waals surface area contributed by atoms with Gasteiger partial charge >= 0.3 is 12.2 Å². The van der Waals surface area contributed by atoms with Gasteiger partial charge in [0.1, 0.15) is 13.2 Å². The molecule has 0 aromatic heterocycles. The molecule has 0 aliphatic heterocycles. The van der Waals surface area contributed by atoms with Crippen LogP contribution in [0.15, 0.2) is 121 Å². The van der Waals surface area contributed by atoms with Crippen molar-refractivity contribution in [2.24, 2.45) is 0 Å². The highest BCUT2D eigenvalue weighted by molar-refractivity contribution is 6.35. The van der Waals surface area contributed by atoms with Crippen molar-refractivity contribution in [3.05, 3.63) is 187 Å². The summed E-state index contributed by atoms with van der Waals surface area (Å²) >= 11 is 12.5. The molecule has 0 heterocycles. The van der Waals surface area contributed by atoms with E-state index >= 15 is 0 Å². The lowest BCUT2D eigenvalue weighted by Gasteiger charge is -2.26. The van der Waals surface area contributed by atoms with E-state index in [0.29, 0.717) is 21.2 Å². The van der Waals surface area contributed by atoms with Gasteiger partial charge in [-0.3, -0.25) is 29.8 Å². The van der Waals surface area contributed by atoms with E-state index in [-0.39, 0.29) is 80.2 Å². The zero-order valence-electron chi connectivity index (χ0n) is 29.0. The van der Waals surface area contributed by atoms with Crippen LogP contribution in [0.5, 0.6) is 0 Å². The number of rotatable bonds is 7. The Kier molecular flexibility index (Phi) is 9.51. The molecule has 12 heteroatoms. The lowest BCUT2D eigenvalue weighted by atomic mass is 9.75. The minimum absolute atomic E-state index is 0.0121. The molecule has 0 saturated carbocycles. The molecule has 0 spiro atoms. The average Bonchev–Trinajstić information content (AvgIpc) is 3.21. The Balaban J connectivity index is 1.23. The summed E-state index contributed by atoms with van der Waals surface area (Å²) in [5.74, 6) is -2.21. The third-order valence-electron chi connectivity index (χ3n) is 9.55. The summed E-state index contributed by atoms with van der Waals surface area (Å²) in [4.78, 5) is 83.6. The van der Waals surface area contributed by atoms with E-state index in [9.17, 15) is 28.8 Å². The van der Waals surface area contributed by atoms with Crippen molar-refractivity contribution in [1.29, 1.82) is 0 Å². The molecule has 2 aliphatic carbocycles. The van der Waals surface area contributed by atoms with Crippen LogP contribution in [0.25, 0.3) is 11.1 Å². The summed E-state index contributed by atoms with van der Waals surface area (Å²) in [6.45, 7) is -0.335. The van der Waals surface area contributed by atoms with Crippen molar-refractivity contribution in [3.63, 3.8) is 0 Å². The van der Waals surface area contributed by atoms with Crippen LogP contribution in [0.2, 0.25) is 10.0 Å². The first-order valence-corrected chi connectivity index (χ1v) is 17.9. The third kappa shape index (κ3) is 6.40. The number of hydrogen-bond donors (Lipinski definition) is 2. The lowest BCUT2D eigenvalue weighted by Crippen LogP contribution is -2.27. The van der Waals surface area contributed by atoms with Gasteiger partial charge in [0.25, 0.3) is 0 Å². The van der Waals surface area contributed by atoms with Gasteiger partial charge in [-0.25, -0.2) is 9.59 Å². The maximum Gasteiger partial charge on any atom is 0.411 e. The molecule has 0 unspecified atom stereocenters. The van der Waals surface area contributed by atoms with E-state index in [1.165, 1.54) is 48.5 Å². The van der Waals surface area contributed by atoms with Crippen LogP contribution in [-0.2, 0) is 22.7 Å². The molecule has 6 aromatic rings. The zero-order chi connectivity index (χ0) is 39.1. The number of nitrogens with one attached hydrogen (secondary N) is 2. The van der Waals surface area contributed by atoms with Gasteiger partial charge in [-0.05, 0) is 35.4 Å². The number of ketones is 4. The molecule has 0 atom stereocenters. The summed E-state index contributed by atoms with van der Waals surface area (Å²) in [7, 11) is 0. The molecule has 0 radical (unpaired) electrons. The van der Waals surface area contributed by atoms with Crippen molar-refractivity contribution in [2.45, 2.75) is 13.2 Å². The number of hydrogen-bond acceptors (Lipinski definition) is 8. The Bertz CT molecular complexity index is 2520. The minimum atomic E-state index is -0.911. The van der Waals surface area contributed by atoms with Gasteiger partial charge in [0, 0.05) is 54.6 Å². The number of ether oxygens (including phenoxy) is 2. The largest absolute Gasteiger partial charge is 0.444 e. The molecule has 0 fully saturated rings. The molecular formula is C44H26Cl2N2O8. The van der Waals surface area contributed by atoms with Crippen molar-refractivity contribution in [3.8, 4) is 11.1 Å². The molecule has 2 amide bonds. The molecule has 274 valence electrons. The van der Waals surface area contributed by atoms with Crippen LogP contribution >= 0.6 is 23.2 Å². The van der Waals surface area contributed by atoms with Gasteiger partial charge < -0.3 is 9.47 Å². The second kappa shape index (κ2) is 14.7. The standard InChI is InChI=1S/C44H26Cl2N2O8/c45-31-15-7-1-9-23(31)21-55-43(53)47-33-19-17-25(35-37(33)41(51)29-13-5-3-11-27(29)39(35)49)26-18-20-34(48-44(54)56-22-24-10-2-8-16-32(24)46)38-36(26)40(50)28-12-4-6-14-30(28)42(38)52/h1-20H,21-22H2,(H,47,53)(H,48,54). The van der Waals surface area contributed by atoms with Gasteiger partial charge in [-0.1, -0.05) is 120 Å². The highest BCUT2D eigenvalue weighted by Gasteiger charge is 2.39. The van der Waals surface area contributed by atoms with E-state index in [0.717, 1.165) is 0 Å². The molecule has 8 rings (SSSR count). The molecule has 2 aliphatic rings. The predicted molar refractivity (Wildman–Crippen MR) is 209 cm³/mol. The topological polar surface area (TPSA) is 145 Å². The Morgan fingerprint density at radius 1 is 0.411 bits per heavy atom. The van der Waals surface area contributed by atoms with Crippen molar-refractivity contribution < 1.29 is 38.2 Å². The van der Waals surface area contributed by atoms with Crippen molar-refractivity contribution in [2.75, 3.05) is 10.6 Å². The summed E-state index contributed by atoms with van der Waals surface area (Å²) in [5, 5.41) is 6.00. The summed E-state index contributed by atoms with van der Waals surface area (Å²) < 4.78 is 10.8. The highest BCUT2D eigenvalue weighted by atomic mass is 35.5. The van der Waals surface area contributed by atoms with Gasteiger partial charge in [-0.15, -0.1) is 0 Å². The van der Waals surface area contributed by atoms with E-state index in [4.69, 9.17) is 32.7 Å². The van der Waals surface area contributed by atoms with Crippen LogP contribution in [0.4, 0.5) is 21.0 Å². The minimum Gasteiger partial charge on any atom is -0.444 e. The normalized spacial score (nSPS) is 12.5. The second-order valence-corrected chi connectivity index (χ2v) is 13.6. The molecule has 0 bridgehead atoms. The van der Waals surface area contributed by atoms with Gasteiger partial charge in [0.15, 0.2) is 23.1 Å². The number of halogens is 2. The maximum atomic E-state index is 14.4. The van der Waals surface area contributed by atoms with Gasteiger partial charge in [0.2, 0.25) is 0 Å². The van der Waals surface area contributed by atoms with Crippen LogP contribution in [0.3, 0.4) is 0 Å². The fourth-order valence-corrected chi connectivity index (χ4v) is 7.29. The first-order chi connectivity index (χ1) is 27.1. The van der Waals surface area contributed by atoms with Crippen LogP contribution in [-0.4, -0.2) is 35.3 Å². The molecular weight excluding hydrogens is 755 g/mol. The van der Waals surface area contributed by atoms with Crippen LogP contribution in [0.1, 0.15) is 74.8 Å². The first-order valence-electron chi connectivity index (χ1n) is 17.2. The van der Waals surface area contributed by atoms with Crippen LogP contribution < -0.4 is 10.6 Å². The predicted octanol–water partition coefficient (Wildman–Crippen LogP) is 9.71. The lowest BCUT2D eigenvalue weighted by molar-refractivity contribution is 0.0978. The Labute approximate surface area is 329 Å². The van der Waals surface area contributed by atoms with Crippen LogP contribution in [0, 0.1) is 0 Å². The number of carbonyl (C=O) groups is 6. The Morgan fingerprint density at radius 3 is 1.09 bits per heavy atom. The summed E-state index contributed by atoms with van der Waals surface area (Å²) in [6.07, 6.45) is -1.82. The summed E-state index contributed by atoms with van der Waals surface area (Å²) in [5.41, 5.74) is 1.39. The SMILES string of the molecule is O=C(Nc1ccc(-c2ccc(NC(=O)OCc3ccccc3Cl)c3c2C(=O)c2ccccc2C3=O)c2c1C(=O)c1ccccc1C2=O)OCc1ccccc1Cl. The Hall–Kier alpha value is -6.88. The second-order valence-electron chi connectivity index (χ2n) is 12.8. The molecule has 0 saturated heterocycles. The quantitative estimate of drug-likeness (QED) is 0.163. The third-order valence-corrected chi connectivity index (χ3v) is 10.3. The monoisotopic (exact) mass is 780 g/mol. The van der Waals surface area contributed by atoms with E-state index in [2.05, 4.69) is 10.6 Å². The first kappa shape index (κ1) is 36.1. The molecule has 2 N–H and O–H groups in total. The number of anilines is 2. The maximum absolute atomic E-state index is 14.4. The number of amides is 2. The Morgan fingerprint density at radius 2 is 0.732 bits per heavy atom. The van der Waals surface area contributed by atoms with E-state index < -0.39 is 35.3 Å². The number of benzene rings is 6. The zero-order valence-corrected chi connectivity index (χ0v) is 30.5. The van der Waals surface area contributed by atoms with Crippen molar-refractivity contribution in [1.82, 2.24) is 0 Å². The molecule has 6 aromatic carbocycles. The smallest absolute Gasteiger partial charge is 0.411 e. The summed E-state index contributed by atoms with van der Waals surface area (Å²) in [6, 6.07) is 32.0. The molecule has 10 nitrogen and oxygen atoms in total. The number of carbonyl (C=O) groups excluding carboxylic acids is 6. The van der Waals surface area contributed by atoms with Gasteiger partial charge in [-0.2, -0.15) is 0 Å². The number of fused-ring (bicyclic) bond motifs is 4. The fraction of sp³-hybridized carbons (Fsp3) is 0.0455. The van der Waals surface area contributed by atoms with Crippen molar-refractivity contribution >= 4 is 69.9 Å². The van der Waals surface area contributed by atoms with E-state index in [1.807, 2.05) is 0 Å². The molecule has 56 heavy (non-hydrogen) atoms. The fourth-order valence-electron chi connectivity index (χ4n) is 6.91. The highest BCUT2D eigenvalue weighted by Crippen LogP contribution is 2.43. The van der Waals surface area contributed by atoms with Gasteiger partial charge in [0.05, 0.1) is 22.5 Å². The van der Waals surface area contributed by atoms with E-state index in [1.54, 1.807) is 72.8 Å².